The van der Waals surface area contributed by atoms with Crippen molar-refractivity contribution < 1.29 is 0 Å². The fraction of sp³-hybridized carbons (Fsp3) is 1.00. The van der Waals surface area contributed by atoms with E-state index < -0.39 is 0 Å². The van der Waals surface area contributed by atoms with Crippen LogP contribution in [0.3, 0.4) is 0 Å². The van der Waals surface area contributed by atoms with E-state index in [0.29, 0.717) is 6.04 Å². The number of hydrogen-bond donors (Lipinski definition) is 1. The van der Waals surface area contributed by atoms with Crippen molar-refractivity contribution in [3.63, 3.8) is 0 Å². The smallest absolute Gasteiger partial charge is 0.0244 e. The number of nitrogens with zero attached hydrogens (tertiary/aromatic N) is 2. The van der Waals surface area contributed by atoms with Gasteiger partial charge in [0.15, 0.2) is 0 Å². The van der Waals surface area contributed by atoms with Gasteiger partial charge >= 0.3 is 0 Å². The van der Waals surface area contributed by atoms with Crippen molar-refractivity contribution in [1.82, 2.24) is 15.1 Å². The molecule has 3 heteroatoms. The van der Waals surface area contributed by atoms with Crippen LogP contribution in [-0.4, -0.2) is 60.1 Å². The summed E-state index contributed by atoms with van der Waals surface area (Å²) < 4.78 is 0. The molecule has 2 atom stereocenters. The molecule has 0 aromatic rings. The van der Waals surface area contributed by atoms with Gasteiger partial charge < -0.3 is 5.32 Å². The molecule has 19 heavy (non-hydrogen) atoms. The Morgan fingerprint density at radius 1 is 1.16 bits per heavy atom. The molecule has 2 fully saturated rings. The number of nitrogens with one attached hydrogen (secondary N) is 1. The molecule has 1 N–H and O–H groups in total. The summed E-state index contributed by atoms with van der Waals surface area (Å²) in [5.74, 6) is 0.725. The van der Waals surface area contributed by atoms with E-state index >= 15 is 0 Å². The average molecular weight is 267 g/mol. The molecule has 2 heterocycles. The predicted molar refractivity (Wildman–Crippen MR) is 82.5 cm³/mol. The summed E-state index contributed by atoms with van der Waals surface area (Å²) in [4.78, 5) is 5.45. The zero-order chi connectivity index (χ0) is 14.0. The minimum atomic E-state index is 0.225. The summed E-state index contributed by atoms with van der Waals surface area (Å²) in [6, 6.07) is 1.52. The molecule has 0 aromatic heterocycles. The van der Waals surface area contributed by atoms with Crippen LogP contribution in [0.1, 0.15) is 47.5 Å². The lowest BCUT2D eigenvalue weighted by molar-refractivity contribution is 0.0519. The second-order valence-corrected chi connectivity index (χ2v) is 7.77. The zero-order valence-electron chi connectivity index (χ0n) is 13.6. The molecule has 2 aliphatic heterocycles. The van der Waals surface area contributed by atoms with Gasteiger partial charge in [-0.15, -0.1) is 0 Å². The van der Waals surface area contributed by atoms with Gasteiger partial charge in [-0.3, -0.25) is 9.80 Å². The maximum Gasteiger partial charge on any atom is 0.0244 e. The lowest BCUT2D eigenvalue weighted by atomic mass is 9.98. The molecular formula is C16H33N3. The first kappa shape index (κ1) is 15.3. The Balaban J connectivity index is 1.91. The lowest BCUT2D eigenvalue weighted by Gasteiger charge is -2.44. The van der Waals surface area contributed by atoms with E-state index in [9.17, 15) is 0 Å². The van der Waals surface area contributed by atoms with Gasteiger partial charge in [-0.05, 0) is 46.1 Å². The van der Waals surface area contributed by atoms with Gasteiger partial charge in [-0.25, -0.2) is 0 Å². The summed E-state index contributed by atoms with van der Waals surface area (Å²) in [7, 11) is 0. The Kier molecular flexibility index (Phi) is 4.91. The fourth-order valence-corrected chi connectivity index (χ4v) is 3.51. The van der Waals surface area contributed by atoms with Gasteiger partial charge in [0.1, 0.15) is 0 Å². The molecule has 0 radical (unpaired) electrons. The summed E-state index contributed by atoms with van der Waals surface area (Å²) >= 11 is 0. The van der Waals surface area contributed by atoms with Gasteiger partial charge in [-0.2, -0.15) is 0 Å². The summed E-state index contributed by atoms with van der Waals surface area (Å²) in [6.45, 7) is 17.8. The van der Waals surface area contributed by atoms with Crippen LogP contribution >= 0.6 is 0 Å². The molecule has 3 nitrogen and oxygen atoms in total. The third-order valence-electron chi connectivity index (χ3n) is 4.70. The first-order valence-corrected chi connectivity index (χ1v) is 8.10. The summed E-state index contributed by atoms with van der Waals surface area (Å²) in [5.41, 5.74) is 0.225. The Hall–Kier alpha value is -0.120. The van der Waals surface area contributed by atoms with E-state index in [1.165, 1.54) is 39.0 Å². The van der Waals surface area contributed by atoms with Crippen molar-refractivity contribution in [2.75, 3.05) is 32.7 Å². The monoisotopic (exact) mass is 267 g/mol. The van der Waals surface area contributed by atoms with Gasteiger partial charge in [0.05, 0.1) is 0 Å². The first-order chi connectivity index (χ1) is 8.87. The van der Waals surface area contributed by atoms with Crippen LogP contribution in [0, 0.1) is 5.92 Å². The van der Waals surface area contributed by atoms with Crippen molar-refractivity contribution in [1.29, 1.82) is 0 Å². The maximum absolute atomic E-state index is 3.71. The number of fused-ring (bicyclic) bond motifs is 1. The van der Waals surface area contributed by atoms with Crippen molar-refractivity contribution >= 4 is 0 Å². The van der Waals surface area contributed by atoms with Crippen LogP contribution in [0.5, 0.6) is 0 Å². The molecule has 2 unspecified atom stereocenters. The molecule has 2 aliphatic rings. The van der Waals surface area contributed by atoms with Crippen LogP contribution in [0.15, 0.2) is 0 Å². The van der Waals surface area contributed by atoms with Crippen molar-refractivity contribution in [2.45, 2.75) is 65.1 Å². The SMILES string of the molecule is CC(C)C(CNC(C)(C)C)N1CCN2CCCC2C1. The Bertz CT molecular complexity index is 282. The van der Waals surface area contributed by atoms with E-state index in [1.54, 1.807) is 0 Å². The molecular weight excluding hydrogens is 234 g/mol. The normalized spacial score (nSPS) is 27.8. The molecule has 0 aliphatic carbocycles. The Morgan fingerprint density at radius 2 is 1.89 bits per heavy atom. The third-order valence-corrected chi connectivity index (χ3v) is 4.70. The fourth-order valence-electron chi connectivity index (χ4n) is 3.51. The van der Waals surface area contributed by atoms with Crippen LogP contribution in [0.4, 0.5) is 0 Å². The zero-order valence-corrected chi connectivity index (χ0v) is 13.6. The molecule has 0 aromatic carbocycles. The van der Waals surface area contributed by atoms with Crippen molar-refractivity contribution in [2.24, 2.45) is 5.92 Å². The third kappa shape index (κ3) is 4.17. The van der Waals surface area contributed by atoms with Crippen LogP contribution in [0.25, 0.3) is 0 Å². The van der Waals surface area contributed by atoms with Crippen LogP contribution in [0.2, 0.25) is 0 Å². The van der Waals surface area contributed by atoms with E-state index in [2.05, 4.69) is 49.7 Å². The Morgan fingerprint density at radius 3 is 2.53 bits per heavy atom. The molecule has 0 amide bonds. The molecule has 0 saturated carbocycles. The largest absolute Gasteiger partial charge is 0.311 e. The second kappa shape index (κ2) is 6.11. The average Bonchev–Trinajstić information content (AvgIpc) is 2.74. The number of rotatable bonds is 4. The van der Waals surface area contributed by atoms with Crippen molar-refractivity contribution in [3.8, 4) is 0 Å². The lowest BCUT2D eigenvalue weighted by Crippen LogP contribution is -2.58. The summed E-state index contributed by atoms with van der Waals surface area (Å²) in [5, 5.41) is 3.71. The van der Waals surface area contributed by atoms with Gasteiger partial charge in [-0.1, -0.05) is 13.8 Å². The maximum atomic E-state index is 3.71. The van der Waals surface area contributed by atoms with Gasteiger partial charge in [0, 0.05) is 43.8 Å². The standard InChI is InChI=1S/C16H33N3/c1-13(2)15(11-17-16(3,4)5)19-10-9-18-8-6-7-14(18)12-19/h13-15,17H,6-12H2,1-5H3. The molecule has 112 valence electrons. The molecule has 2 saturated heterocycles. The molecule has 0 bridgehead atoms. The highest BCUT2D eigenvalue weighted by Gasteiger charge is 2.34. The Labute approximate surface area is 119 Å². The highest BCUT2D eigenvalue weighted by Crippen LogP contribution is 2.24. The molecule has 2 rings (SSSR count). The number of hydrogen-bond acceptors (Lipinski definition) is 3. The van der Waals surface area contributed by atoms with E-state index in [1.807, 2.05) is 0 Å². The second-order valence-electron chi connectivity index (χ2n) is 7.77. The molecule has 0 spiro atoms. The van der Waals surface area contributed by atoms with Crippen LogP contribution in [-0.2, 0) is 0 Å². The minimum absolute atomic E-state index is 0.225. The number of piperazine rings is 1. The topological polar surface area (TPSA) is 18.5 Å². The van der Waals surface area contributed by atoms with E-state index in [0.717, 1.165) is 18.5 Å². The van der Waals surface area contributed by atoms with Crippen molar-refractivity contribution in [3.05, 3.63) is 0 Å². The first-order valence-electron chi connectivity index (χ1n) is 8.10. The highest BCUT2D eigenvalue weighted by atomic mass is 15.3. The van der Waals surface area contributed by atoms with Gasteiger partial charge in [0.2, 0.25) is 0 Å². The predicted octanol–water partition coefficient (Wildman–Crippen LogP) is 2.18. The summed E-state index contributed by atoms with van der Waals surface area (Å²) in [6.07, 6.45) is 2.82. The van der Waals surface area contributed by atoms with Crippen LogP contribution < -0.4 is 5.32 Å². The quantitative estimate of drug-likeness (QED) is 0.842. The highest BCUT2D eigenvalue weighted by molar-refractivity contribution is 4.91. The van der Waals surface area contributed by atoms with E-state index in [-0.39, 0.29) is 5.54 Å². The minimum Gasteiger partial charge on any atom is -0.311 e. The van der Waals surface area contributed by atoms with Gasteiger partial charge in [0.25, 0.3) is 0 Å². The van der Waals surface area contributed by atoms with E-state index in [4.69, 9.17) is 0 Å².